The van der Waals surface area contributed by atoms with Gasteiger partial charge in [0.1, 0.15) is 24.3 Å². The molecule has 1 aliphatic heterocycles. The first-order chi connectivity index (χ1) is 7.24. The van der Waals surface area contributed by atoms with Crippen LogP contribution in [0.15, 0.2) is 29.2 Å². The fourth-order valence-corrected chi connectivity index (χ4v) is 1.59. The van der Waals surface area contributed by atoms with E-state index in [4.69, 9.17) is 9.15 Å². The van der Waals surface area contributed by atoms with Crippen LogP contribution in [-0.4, -0.2) is 30.7 Å². The van der Waals surface area contributed by atoms with Gasteiger partial charge in [0.25, 0.3) is 0 Å². The minimum absolute atomic E-state index is 0.290. The smallest absolute Gasteiger partial charge is 0.147 e. The van der Waals surface area contributed by atoms with Crippen molar-refractivity contribution in [1.82, 2.24) is 10.0 Å². The maximum Gasteiger partial charge on any atom is 0.147 e. The predicted molar refractivity (Wildman–Crippen MR) is 56.8 cm³/mol. The summed E-state index contributed by atoms with van der Waals surface area (Å²) in [5.41, 5.74) is 0. The van der Waals surface area contributed by atoms with Gasteiger partial charge < -0.3 is 9.15 Å². The number of hydrazine groups is 1. The molecule has 1 saturated heterocycles. The lowest BCUT2D eigenvalue weighted by Crippen LogP contribution is -1.91. The summed E-state index contributed by atoms with van der Waals surface area (Å²) in [5, 5.41) is 4.21. The molecule has 4 heteroatoms. The highest BCUT2D eigenvalue weighted by molar-refractivity contribution is 5.12. The van der Waals surface area contributed by atoms with Crippen molar-refractivity contribution < 1.29 is 9.15 Å². The van der Waals surface area contributed by atoms with Gasteiger partial charge >= 0.3 is 0 Å². The van der Waals surface area contributed by atoms with E-state index in [9.17, 15) is 0 Å². The summed E-state index contributed by atoms with van der Waals surface area (Å²) >= 11 is 0. The maximum atomic E-state index is 5.65. The molecule has 4 nitrogen and oxygen atoms in total. The van der Waals surface area contributed by atoms with Crippen LogP contribution in [-0.2, 0) is 11.3 Å². The van der Waals surface area contributed by atoms with Gasteiger partial charge in [-0.3, -0.25) is 0 Å². The highest BCUT2D eigenvalue weighted by Gasteiger charge is 2.41. The lowest BCUT2D eigenvalue weighted by molar-refractivity contribution is 0.130. The molecule has 0 saturated carbocycles. The second-order valence-corrected chi connectivity index (χ2v) is 3.63. The molecular formula is C11H16N2O2. The molecular weight excluding hydrogens is 192 g/mol. The zero-order valence-electron chi connectivity index (χ0n) is 9.14. The van der Waals surface area contributed by atoms with Crippen molar-refractivity contribution in [3.63, 3.8) is 0 Å². The summed E-state index contributed by atoms with van der Waals surface area (Å²) < 4.78 is 10.9. The van der Waals surface area contributed by atoms with E-state index in [1.54, 1.807) is 6.08 Å². The van der Waals surface area contributed by atoms with Gasteiger partial charge in [-0.2, -0.15) is 0 Å². The van der Waals surface area contributed by atoms with Crippen LogP contribution in [0.3, 0.4) is 0 Å². The molecule has 1 fully saturated rings. The molecule has 2 unspecified atom stereocenters. The molecule has 2 rings (SSSR count). The van der Waals surface area contributed by atoms with Gasteiger partial charge in [-0.05, 0) is 12.1 Å². The molecule has 0 amide bonds. The molecule has 0 radical (unpaired) electrons. The molecule has 1 aliphatic rings. The third-order valence-corrected chi connectivity index (χ3v) is 2.57. The minimum atomic E-state index is 0.290. The lowest BCUT2D eigenvalue weighted by Gasteiger charge is -1.96. The van der Waals surface area contributed by atoms with E-state index in [-0.39, 0.29) is 6.17 Å². The summed E-state index contributed by atoms with van der Waals surface area (Å²) in [5.74, 6) is 1.83. The van der Waals surface area contributed by atoms with Gasteiger partial charge in [0, 0.05) is 14.1 Å². The van der Waals surface area contributed by atoms with Crippen molar-refractivity contribution in [2.75, 3.05) is 20.7 Å². The van der Waals surface area contributed by atoms with Gasteiger partial charge in [0.15, 0.2) is 0 Å². The Bertz CT molecular complexity index is 340. The fraction of sp³-hybridized carbons (Fsp3) is 0.455. The fourth-order valence-electron chi connectivity index (χ4n) is 1.59. The molecule has 82 valence electrons. The van der Waals surface area contributed by atoms with Crippen LogP contribution in [0.2, 0.25) is 0 Å². The monoisotopic (exact) mass is 208 g/mol. The summed E-state index contributed by atoms with van der Waals surface area (Å²) in [4.78, 5) is 0. The highest BCUT2D eigenvalue weighted by atomic mass is 16.5. The van der Waals surface area contributed by atoms with E-state index in [1.165, 1.54) is 0 Å². The molecule has 15 heavy (non-hydrogen) atoms. The van der Waals surface area contributed by atoms with Gasteiger partial charge in [0.2, 0.25) is 0 Å². The van der Waals surface area contributed by atoms with Crippen LogP contribution >= 0.6 is 0 Å². The molecule has 1 aromatic rings. The third kappa shape index (κ3) is 2.12. The Labute approximate surface area is 89.7 Å². The van der Waals surface area contributed by atoms with Gasteiger partial charge in [-0.1, -0.05) is 6.08 Å². The first-order valence-electron chi connectivity index (χ1n) is 4.97. The number of nitrogens with zero attached hydrogens (tertiary/aromatic N) is 2. The number of hydrogen-bond donors (Lipinski definition) is 0. The molecule has 1 aromatic heterocycles. The topological polar surface area (TPSA) is 28.4 Å². The average Bonchev–Trinajstić information content (AvgIpc) is 2.68. The summed E-state index contributed by atoms with van der Waals surface area (Å²) in [7, 11) is 4.06. The standard InChI is InChI=1S/C11H16N2O2/c1-4-7-14-8-9-5-6-10(15-9)11-12(2)13(11)3/h4-6,11H,1,7-8H2,2-3H3. The first kappa shape index (κ1) is 10.4. The molecule has 0 aromatic carbocycles. The normalized spacial score (nSPS) is 29.1. The van der Waals surface area contributed by atoms with E-state index in [1.807, 2.05) is 26.2 Å². The van der Waals surface area contributed by atoms with Crippen LogP contribution in [0.5, 0.6) is 0 Å². The Balaban J connectivity index is 1.90. The number of furan rings is 1. The van der Waals surface area contributed by atoms with Gasteiger partial charge in [-0.15, -0.1) is 6.58 Å². The van der Waals surface area contributed by atoms with E-state index >= 15 is 0 Å². The number of rotatable bonds is 5. The zero-order valence-corrected chi connectivity index (χ0v) is 9.14. The molecule has 0 aliphatic carbocycles. The maximum absolute atomic E-state index is 5.65. The van der Waals surface area contributed by atoms with E-state index in [0.29, 0.717) is 13.2 Å². The van der Waals surface area contributed by atoms with Crippen LogP contribution in [0, 0.1) is 0 Å². The van der Waals surface area contributed by atoms with E-state index in [2.05, 4.69) is 16.6 Å². The second kappa shape index (κ2) is 4.18. The van der Waals surface area contributed by atoms with Crippen molar-refractivity contribution in [2.45, 2.75) is 12.8 Å². The summed E-state index contributed by atoms with van der Waals surface area (Å²) in [6.45, 7) is 4.65. The Morgan fingerprint density at radius 3 is 2.80 bits per heavy atom. The van der Waals surface area contributed by atoms with Crippen LogP contribution in [0.4, 0.5) is 0 Å². The van der Waals surface area contributed by atoms with Crippen LogP contribution in [0.1, 0.15) is 17.7 Å². The SMILES string of the molecule is C=CCOCc1ccc(C2N(C)N2C)o1. The van der Waals surface area contributed by atoms with Crippen molar-refractivity contribution in [3.05, 3.63) is 36.3 Å². The van der Waals surface area contributed by atoms with Crippen molar-refractivity contribution in [1.29, 1.82) is 0 Å². The molecule has 0 bridgehead atoms. The quantitative estimate of drug-likeness (QED) is 0.419. The average molecular weight is 208 g/mol. The van der Waals surface area contributed by atoms with Crippen molar-refractivity contribution in [3.8, 4) is 0 Å². The molecule has 2 atom stereocenters. The molecule has 2 heterocycles. The predicted octanol–water partition coefficient (Wildman–Crippen LogP) is 1.77. The van der Waals surface area contributed by atoms with Gasteiger partial charge in [0.05, 0.1) is 6.61 Å². The number of hydrogen-bond acceptors (Lipinski definition) is 4. The minimum Gasteiger partial charge on any atom is -0.460 e. The van der Waals surface area contributed by atoms with E-state index < -0.39 is 0 Å². The molecule has 0 spiro atoms. The van der Waals surface area contributed by atoms with Crippen LogP contribution < -0.4 is 0 Å². The Morgan fingerprint density at radius 2 is 2.20 bits per heavy atom. The summed E-state index contributed by atoms with van der Waals surface area (Å²) in [6.07, 6.45) is 2.02. The Hall–Kier alpha value is -1.10. The Morgan fingerprint density at radius 1 is 1.47 bits per heavy atom. The van der Waals surface area contributed by atoms with E-state index in [0.717, 1.165) is 11.5 Å². The van der Waals surface area contributed by atoms with Crippen molar-refractivity contribution in [2.24, 2.45) is 0 Å². The number of ether oxygens (including phenoxy) is 1. The highest BCUT2D eigenvalue weighted by Crippen LogP contribution is 2.37. The van der Waals surface area contributed by atoms with Crippen LogP contribution in [0.25, 0.3) is 0 Å². The summed E-state index contributed by atoms with van der Waals surface area (Å²) in [6, 6.07) is 3.95. The van der Waals surface area contributed by atoms with Gasteiger partial charge in [-0.25, -0.2) is 10.0 Å². The third-order valence-electron chi connectivity index (χ3n) is 2.57. The second-order valence-electron chi connectivity index (χ2n) is 3.63. The zero-order chi connectivity index (χ0) is 10.8. The van der Waals surface area contributed by atoms with Crippen molar-refractivity contribution >= 4 is 0 Å². The Kier molecular flexibility index (Phi) is 2.90. The lowest BCUT2D eigenvalue weighted by atomic mass is 10.4. The largest absolute Gasteiger partial charge is 0.460 e. The molecule has 0 N–H and O–H groups in total. The first-order valence-corrected chi connectivity index (χ1v) is 4.97.